The molecule has 1 N–H and O–H groups in total. The van der Waals surface area contributed by atoms with E-state index >= 15 is 0 Å². The molecule has 0 aliphatic rings. The Morgan fingerprint density at radius 3 is 2.63 bits per heavy atom. The molecule has 98 valence electrons. The highest BCUT2D eigenvalue weighted by Crippen LogP contribution is 2.33. The number of methoxy groups -OCH3 is 1. The summed E-state index contributed by atoms with van der Waals surface area (Å²) in [6, 6.07) is 11.4. The zero-order valence-corrected chi connectivity index (χ0v) is 10.8. The predicted molar refractivity (Wildman–Crippen MR) is 74.4 cm³/mol. The third kappa shape index (κ3) is 2.95. The van der Waals surface area contributed by atoms with Crippen molar-refractivity contribution in [2.24, 2.45) is 0 Å². The number of nitro benzene ring substituents is 1. The minimum absolute atomic E-state index is 0.00970. The molecule has 0 aliphatic heterocycles. The molecule has 0 unspecified atom stereocenters. The van der Waals surface area contributed by atoms with Crippen molar-refractivity contribution < 1.29 is 9.66 Å². The van der Waals surface area contributed by atoms with E-state index in [2.05, 4.69) is 5.32 Å². The fourth-order valence-corrected chi connectivity index (χ4v) is 1.83. The van der Waals surface area contributed by atoms with Crippen LogP contribution in [0.5, 0.6) is 5.75 Å². The summed E-state index contributed by atoms with van der Waals surface area (Å²) in [4.78, 5) is 10.5. The van der Waals surface area contributed by atoms with E-state index in [0.717, 1.165) is 0 Å². The van der Waals surface area contributed by atoms with Crippen LogP contribution < -0.4 is 10.1 Å². The Kier molecular flexibility index (Phi) is 3.87. The van der Waals surface area contributed by atoms with Crippen molar-refractivity contribution in [3.63, 3.8) is 0 Å². The Morgan fingerprint density at radius 2 is 1.95 bits per heavy atom. The Balaban J connectivity index is 2.41. The molecule has 19 heavy (non-hydrogen) atoms. The number of nitrogens with zero attached hydrogens (tertiary/aromatic N) is 1. The minimum atomic E-state index is -0.445. The Hall–Kier alpha value is -2.27. The summed E-state index contributed by atoms with van der Waals surface area (Å²) in [5.41, 5.74) is 0.946. The zero-order chi connectivity index (χ0) is 13.8. The second-order valence-corrected chi connectivity index (χ2v) is 4.18. The molecule has 0 aromatic heterocycles. The molecule has 0 aliphatic carbocycles. The third-order valence-corrected chi connectivity index (χ3v) is 2.77. The summed E-state index contributed by atoms with van der Waals surface area (Å²) in [7, 11) is 1.52. The first-order valence-corrected chi connectivity index (χ1v) is 5.83. The van der Waals surface area contributed by atoms with E-state index in [1.807, 2.05) is 0 Å². The molecule has 0 fully saturated rings. The summed E-state index contributed by atoms with van der Waals surface area (Å²) in [5.74, 6) is 0.558. The maximum atomic E-state index is 10.9. The third-order valence-electron chi connectivity index (χ3n) is 2.53. The van der Waals surface area contributed by atoms with Crippen LogP contribution in [-0.4, -0.2) is 12.0 Å². The summed E-state index contributed by atoms with van der Waals surface area (Å²) < 4.78 is 5.18. The van der Waals surface area contributed by atoms with Crippen molar-refractivity contribution in [2.45, 2.75) is 0 Å². The van der Waals surface area contributed by atoms with Crippen LogP contribution in [0.1, 0.15) is 0 Å². The van der Waals surface area contributed by atoms with Gasteiger partial charge in [-0.25, -0.2) is 0 Å². The van der Waals surface area contributed by atoms with Gasteiger partial charge in [-0.05, 0) is 24.3 Å². The summed E-state index contributed by atoms with van der Waals surface area (Å²) >= 11 is 5.91. The van der Waals surface area contributed by atoms with Crippen LogP contribution in [0.25, 0.3) is 0 Å². The quantitative estimate of drug-likeness (QED) is 0.678. The van der Waals surface area contributed by atoms with Crippen molar-refractivity contribution >= 4 is 28.7 Å². The smallest absolute Gasteiger partial charge is 0.292 e. The molecule has 0 saturated carbocycles. The molecule has 2 aromatic carbocycles. The van der Waals surface area contributed by atoms with Gasteiger partial charge in [-0.3, -0.25) is 10.1 Å². The van der Waals surface area contributed by atoms with E-state index in [1.54, 1.807) is 36.4 Å². The molecule has 0 atom stereocenters. The van der Waals surface area contributed by atoms with Gasteiger partial charge < -0.3 is 10.1 Å². The molecule has 2 rings (SSSR count). The van der Waals surface area contributed by atoms with Crippen LogP contribution in [0, 0.1) is 10.1 Å². The Labute approximate surface area is 114 Å². The van der Waals surface area contributed by atoms with Crippen LogP contribution in [0.3, 0.4) is 0 Å². The highest BCUT2D eigenvalue weighted by Gasteiger charge is 2.14. The number of ether oxygens (including phenoxy) is 1. The number of para-hydroxylation sites is 2. The molecular formula is C13H11ClN2O3. The first kappa shape index (κ1) is 13.2. The van der Waals surface area contributed by atoms with Gasteiger partial charge in [0.1, 0.15) is 11.4 Å². The van der Waals surface area contributed by atoms with E-state index in [-0.39, 0.29) is 5.69 Å². The van der Waals surface area contributed by atoms with E-state index in [0.29, 0.717) is 22.1 Å². The van der Waals surface area contributed by atoms with E-state index in [9.17, 15) is 10.1 Å². The highest BCUT2D eigenvalue weighted by molar-refractivity contribution is 6.31. The lowest BCUT2D eigenvalue weighted by Crippen LogP contribution is -1.98. The van der Waals surface area contributed by atoms with Gasteiger partial charge in [0, 0.05) is 11.1 Å². The largest absolute Gasteiger partial charge is 0.495 e. The normalized spacial score (nSPS) is 10.0. The van der Waals surface area contributed by atoms with Crippen molar-refractivity contribution in [1.29, 1.82) is 0 Å². The topological polar surface area (TPSA) is 64.4 Å². The zero-order valence-electron chi connectivity index (χ0n) is 10.1. The fourth-order valence-electron chi connectivity index (χ4n) is 1.66. The van der Waals surface area contributed by atoms with Crippen LogP contribution in [0.15, 0.2) is 42.5 Å². The minimum Gasteiger partial charge on any atom is -0.495 e. The van der Waals surface area contributed by atoms with Crippen LogP contribution in [0.2, 0.25) is 5.02 Å². The summed E-state index contributed by atoms with van der Waals surface area (Å²) in [6.45, 7) is 0. The van der Waals surface area contributed by atoms with Gasteiger partial charge >= 0.3 is 0 Å². The van der Waals surface area contributed by atoms with Gasteiger partial charge in [-0.2, -0.15) is 0 Å². The van der Waals surface area contributed by atoms with Gasteiger partial charge in [-0.15, -0.1) is 0 Å². The number of benzene rings is 2. The number of rotatable bonds is 4. The second-order valence-electron chi connectivity index (χ2n) is 3.74. The van der Waals surface area contributed by atoms with Gasteiger partial charge in [0.15, 0.2) is 0 Å². The number of halogens is 1. The molecule has 0 amide bonds. The molecular weight excluding hydrogens is 268 g/mol. The van der Waals surface area contributed by atoms with E-state index < -0.39 is 4.92 Å². The molecule has 0 heterocycles. The average molecular weight is 279 g/mol. The number of nitrogens with one attached hydrogen (secondary N) is 1. The van der Waals surface area contributed by atoms with Crippen molar-refractivity contribution in [2.75, 3.05) is 12.4 Å². The molecule has 0 bridgehead atoms. The van der Waals surface area contributed by atoms with Crippen LogP contribution in [-0.2, 0) is 0 Å². The predicted octanol–water partition coefficient (Wildman–Crippen LogP) is 4.00. The average Bonchev–Trinajstić information content (AvgIpc) is 2.39. The monoisotopic (exact) mass is 278 g/mol. The Morgan fingerprint density at radius 1 is 1.21 bits per heavy atom. The lowest BCUT2D eigenvalue weighted by atomic mass is 10.2. The van der Waals surface area contributed by atoms with Crippen molar-refractivity contribution in [1.82, 2.24) is 0 Å². The van der Waals surface area contributed by atoms with Crippen LogP contribution in [0.4, 0.5) is 17.1 Å². The van der Waals surface area contributed by atoms with Gasteiger partial charge in [0.25, 0.3) is 5.69 Å². The standard InChI is InChI=1S/C13H11ClN2O3/c1-19-13-7-6-9(14)8-11(13)15-10-4-2-3-5-12(10)16(17)18/h2-8,15H,1H3. The first-order valence-electron chi connectivity index (χ1n) is 5.46. The van der Waals surface area contributed by atoms with Gasteiger partial charge in [0.2, 0.25) is 0 Å². The van der Waals surface area contributed by atoms with Gasteiger partial charge in [0.05, 0.1) is 17.7 Å². The molecule has 6 heteroatoms. The Bertz CT molecular complexity index is 617. The molecule has 0 radical (unpaired) electrons. The number of anilines is 2. The molecule has 5 nitrogen and oxygen atoms in total. The maximum absolute atomic E-state index is 10.9. The van der Waals surface area contributed by atoms with Crippen molar-refractivity contribution in [3.8, 4) is 5.75 Å². The van der Waals surface area contributed by atoms with Gasteiger partial charge in [-0.1, -0.05) is 23.7 Å². The van der Waals surface area contributed by atoms with Crippen LogP contribution >= 0.6 is 11.6 Å². The number of hydrogen-bond donors (Lipinski definition) is 1. The summed E-state index contributed by atoms with van der Waals surface area (Å²) in [5, 5.41) is 14.4. The van der Waals surface area contributed by atoms with E-state index in [1.165, 1.54) is 13.2 Å². The number of hydrogen-bond acceptors (Lipinski definition) is 4. The summed E-state index contributed by atoms with van der Waals surface area (Å²) in [6.07, 6.45) is 0. The first-order chi connectivity index (χ1) is 9.11. The van der Waals surface area contributed by atoms with E-state index in [4.69, 9.17) is 16.3 Å². The highest BCUT2D eigenvalue weighted by atomic mass is 35.5. The second kappa shape index (κ2) is 5.58. The number of nitro groups is 1. The lowest BCUT2D eigenvalue weighted by Gasteiger charge is -2.11. The fraction of sp³-hybridized carbons (Fsp3) is 0.0769. The SMILES string of the molecule is COc1ccc(Cl)cc1Nc1ccccc1[N+](=O)[O-]. The van der Waals surface area contributed by atoms with Crippen molar-refractivity contribution in [3.05, 3.63) is 57.6 Å². The molecule has 2 aromatic rings. The molecule has 0 saturated heterocycles. The molecule has 0 spiro atoms. The lowest BCUT2D eigenvalue weighted by molar-refractivity contribution is -0.383. The maximum Gasteiger partial charge on any atom is 0.292 e.